The maximum absolute atomic E-state index is 5.66. The molecular weight excluding hydrogens is 284 g/mol. The van der Waals surface area contributed by atoms with Crippen molar-refractivity contribution in [3.63, 3.8) is 0 Å². The molecule has 0 atom stereocenters. The van der Waals surface area contributed by atoms with Crippen LogP contribution in [-0.2, 0) is 10.1 Å². The lowest BCUT2D eigenvalue weighted by Crippen LogP contribution is -2.03. The van der Waals surface area contributed by atoms with E-state index in [4.69, 9.17) is 14.2 Å². The van der Waals surface area contributed by atoms with Crippen molar-refractivity contribution in [3.8, 4) is 11.5 Å². The lowest BCUT2D eigenvalue weighted by atomic mass is 10.2. The Labute approximate surface area is 111 Å². The second kappa shape index (κ2) is 8.37. The van der Waals surface area contributed by atoms with Crippen molar-refractivity contribution >= 4 is 15.9 Å². The van der Waals surface area contributed by atoms with E-state index >= 15 is 0 Å². The molecule has 0 bridgehead atoms. The molecule has 1 aromatic carbocycles. The van der Waals surface area contributed by atoms with Crippen LogP contribution in [0.4, 0.5) is 0 Å². The predicted molar refractivity (Wildman–Crippen MR) is 72.2 cm³/mol. The fourth-order valence-corrected chi connectivity index (χ4v) is 1.73. The van der Waals surface area contributed by atoms with Crippen molar-refractivity contribution in [1.82, 2.24) is 0 Å². The zero-order valence-corrected chi connectivity index (χ0v) is 12.0. The van der Waals surface area contributed by atoms with Crippen molar-refractivity contribution < 1.29 is 14.2 Å². The maximum Gasteiger partial charge on any atom is 0.123 e. The summed E-state index contributed by atoms with van der Waals surface area (Å²) in [6.45, 7) is 4.15. The van der Waals surface area contributed by atoms with Gasteiger partial charge in [0, 0.05) is 31.0 Å². The van der Waals surface area contributed by atoms with Crippen LogP contribution in [0, 0.1) is 0 Å². The van der Waals surface area contributed by atoms with Crippen molar-refractivity contribution in [2.24, 2.45) is 0 Å². The first-order chi connectivity index (χ1) is 8.30. The molecule has 4 heteroatoms. The van der Waals surface area contributed by atoms with Crippen molar-refractivity contribution in [2.75, 3.05) is 26.9 Å². The van der Waals surface area contributed by atoms with Gasteiger partial charge in [-0.1, -0.05) is 15.9 Å². The molecule has 0 aliphatic rings. The SMILES string of the molecule is CCOCCCOc1cc(CBr)cc(OC)c1. The van der Waals surface area contributed by atoms with Crippen LogP contribution in [0.25, 0.3) is 0 Å². The third-order valence-corrected chi connectivity index (χ3v) is 2.88. The first kappa shape index (κ1) is 14.3. The summed E-state index contributed by atoms with van der Waals surface area (Å²) in [4.78, 5) is 0. The number of ether oxygens (including phenoxy) is 3. The molecule has 0 N–H and O–H groups in total. The van der Waals surface area contributed by atoms with E-state index in [0.717, 1.165) is 42.0 Å². The van der Waals surface area contributed by atoms with Crippen LogP contribution in [-0.4, -0.2) is 26.9 Å². The normalized spacial score (nSPS) is 10.3. The van der Waals surface area contributed by atoms with E-state index in [1.54, 1.807) is 7.11 Å². The molecule has 0 aliphatic carbocycles. The van der Waals surface area contributed by atoms with E-state index in [1.807, 2.05) is 25.1 Å². The predicted octanol–water partition coefficient (Wildman–Crippen LogP) is 3.40. The topological polar surface area (TPSA) is 27.7 Å². The van der Waals surface area contributed by atoms with Gasteiger partial charge < -0.3 is 14.2 Å². The van der Waals surface area contributed by atoms with E-state index in [-0.39, 0.29) is 0 Å². The van der Waals surface area contributed by atoms with Crippen molar-refractivity contribution in [3.05, 3.63) is 23.8 Å². The Kier molecular flexibility index (Phi) is 7.05. The molecule has 0 saturated heterocycles. The Morgan fingerprint density at radius 3 is 2.53 bits per heavy atom. The van der Waals surface area contributed by atoms with E-state index in [1.165, 1.54) is 0 Å². The largest absolute Gasteiger partial charge is 0.497 e. The summed E-state index contributed by atoms with van der Waals surface area (Å²) in [6, 6.07) is 5.90. The van der Waals surface area contributed by atoms with Gasteiger partial charge in [0.15, 0.2) is 0 Å². The standard InChI is InChI=1S/C13H19BrO3/c1-3-16-5-4-6-17-13-8-11(10-14)7-12(9-13)15-2/h7-9H,3-6,10H2,1-2H3. The molecule has 0 heterocycles. The number of alkyl halides is 1. The number of methoxy groups -OCH3 is 1. The highest BCUT2D eigenvalue weighted by Gasteiger charge is 2.01. The molecule has 1 aromatic rings. The fourth-order valence-electron chi connectivity index (χ4n) is 1.40. The Balaban J connectivity index is 2.46. The van der Waals surface area contributed by atoms with Gasteiger partial charge in [0.05, 0.1) is 13.7 Å². The van der Waals surface area contributed by atoms with Crippen LogP contribution >= 0.6 is 15.9 Å². The molecule has 0 saturated carbocycles. The molecule has 3 nitrogen and oxygen atoms in total. The molecule has 0 radical (unpaired) electrons. The van der Waals surface area contributed by atoms with Gasteiger partial charge >= 0.3 is 0 Å². The third kappa shape index (κ3) is 5.41. The van der Waals surface area contributed by atoms with E-state index in [9.17, 15) is 0 Å². The van der Waals surface area contributed by atoms with Gasteiger partial charge in [-0.15, -0.1) is 0 Å². The summed E-state index contributed by atoms with van der Waals surface area (Å²) in [6.07, 6.45) is 0.898. The minimum atomic E-state index is 0.662. The molecule has 1 rings (SSSR count). The van der Waals surface area contributed by atoms with Gasteiger partial charge in [0.1, 0.15) is 11.5 Å². The first-order valence-electron chi connectivity index (χ1n) is 5.74. The molecule has 0 aliphatic heterocycles. The number of hydrogen-bond acceptors (Lipinski definition) is 3. The van der Waals surface area contributed by atoms with Gasteiger partial charge in [-0.3, -0.25) is 0 Å². The van der Waals surface area contributed by atoms with Crippen LogP contribution in [0.15, 0.2) is 18.2 Å². The third-order valence-electron chi connectivity index (χ3n) is 2.24. The van der Waals surface area contributed by atoms with Gasteiger partial charge in [-0.25, -0.2) is 0 Å². The number of hydrogen-bond donors (Lipinski definition) is 0. The van der Waals surface area contributed by atoms with Crippen LogP contribution in [0.3, 0.4) is 0 Å². The second-order valence-electron chi connectivity index (χ2n) is 3.55. The average molecular weight is 303 g/mol. The van der Waals surface area contributed by atoms with Crippen molar-refractivity contribution in [2.45, 2.75) is 18.7 Å². The second-order valence-corrected chi connectivity index (χ2v) is 4.11. The number of benzene rings is 1. The quantitative estimate of drug-likeness (QED) is 0.544. The molecule has 17 heavy (non-hydrogen) atoms. The van der Waals surface area contributed by atoms with Gasteiger partial charge in [0.25, 0.3) is 0 Å². The Morgan fingerprint density at radius 2 is 1.88 bits per heavy atom. The van der Waals surface area contributed by atoms with E-state index in [2.05, 4.69) is 15.9 Å². The lowest BCUT2D eigenvalue weighted by molar-refractivity contribution is 0.131. The van der Waals surface area contributed by atoms with Crippen LogP contribution < -0.4 is 9.47 Å². The summed E-state index contributed by atoms with van der Waals surface area (Å²) in [7, 11) is 1.66. The molecular formula is C13H19BrO3. The van der Waals surface area contributed by atoms with Crippen molar-refractivity contribution in [1.29, 1.82) is 0 Å². The van der Waals surface area contributed by atoms with Gasteiger partial charge in [-0.2, -0.15) is 0 Å². The monoisotopic (exact) mass is 302 g/mol. The zero-order chi connectivity index (χ0) is 12.5. The molecule has 0 aromatic heterocycles. The minimum Gasteiger partial charge on any atom is -0.497 e. The van der Waals surface area contributed by atoms with E-state index < -0.39 is 0 Å². The highest BCUT2D eigenvalue weighted by atomic mass is 79.9. The molecule has 96 valence electrons. The van der Waals surface area contributed by atoms with Crippen LogP contribution in [0.2, 0.25) is 0 Å². The maximum atomic E-state index is 5.66. The first-order valence-corrected chi connectivity index (χ1v) is 6.86. The average Bonchev–Trinajstić information content (AvgIpc) is 2.38. The smallest absolute Gasteiger partial charge is 0.123 e. The Hall–Kier alpha value is -0.740. The summed E-state index contributed by atoms with van der Waals surface area (Å²) in [5.74, 6) is 1.66. The zero-order valence-electron chi connectivity index (χ0n) is 10.4. The van der Waals surface area contributed by atoms with Gasteiger partial charge in [0.2, 0.25) is 0 Å². The van der Waals surface area contributed by atoms with Crippen LogP contribution in [0.1, 0.15) is 18.9 Å². The summed E-state index contributed by atoms with van der Waals surface area (Å²) < 4.78 is 16.1. The van der Waals surface area contributed by atoms with Gasteiger partial charge in [-0.05, 0) is 24.6 Å². The molecule has 0 fully saturated rings. The molecule has 0 amide bonds. The highest BCUT2D eigenvalue weighted by Crippen LogP contribution is 2.24. The minimum absolute atomic E-state index is 0.662. The Bertz CT molecular complexity index is 306. The van der Waals surface area contributed by atoms with E-state index in [0.29, 0.717) is 6.61 Å². The highest BCUT2D eigenvalue weighted by molar-refractivity contribution is 9.08. The fraction of sp³-hybridized carbons (Fsp3) is 0.538. The Morgan fingerprint density at radius 1 is 1.12 bits per heavy atom. The summed E-state index contributed by atoms with van der Waals surface area (Å²) in [5, 5.41) is 0.791. The number of rotatable bonds is 8. The summed E-state index contributed by atoms with van der Waals surface area (Å²) in [5.41, 5.74) is 1.14. The lowest BCUT2D eigenvalue weighted by Gasteiger charge is -2.09. The number of halogens is 1. The molecule has 0 spiro atoms. The molecule has 0 unspecified atom stereocenters. The van der Waals surface area contributed by atoms with Crippen LogP contribution in [0.5, 0.6) is 11.5 Å². The summed E-state index contributed by atoms with van der Waals surface area (Å²) >= 11 is 3.43.